The van der Waals surface area contributed by atoms with Gasteiger partial charge in [0.05, 0.1) is 13.2 Å². The highest BCUT2D eigenvalue weighted by molar-refractivity contribution is 5.91. The quantitative estimate of drug-likeness (QED) is 0.681. The second-order valence-electron chi connectivity index (χ2n) is 7.52. The van der Waals surface area contributed by atoms with E-state index in [1.54, 1.807) is 24.3 Å². The van der Waals surface area contributed by atoms with Crippen molar-refractivity contribution >= 4 is 23.5 Å². The van der Waals surface area contributed by atoms with Gasteiger partial charge in [0.2, 0.25) is 0 Å². The Hall–Kier alpha value is -3.02. The van der Waals surface area contributed by atoms with Crippen molar-refractivity contribution in [3.8, 4) is 0 Å². The van der Waals surface area contributed by atoms with Crippen LogP contribution in [0.15, 0.2) is 54.6 Å². The molecule has 0 bridgehead atoms. The lowest BCUT2D eigenvalue weighted by Gasteiger charge is -2.27. The summed E-state index contributed by atoms with van der Waals surface area (Å²) in [6.45, 7) is 6.43. The van der Waals surface area contributed by atoms with Crippen LogP contribution in [0.25, 0.3) is 0 Å². The smallest absolute Gasteiger partial charge is 0.411 e. The van der Waals surface area contributed by atoms with Crippen molar-refractivity contribution in [2.24, 2.45) is 5.41 Å². The van der Waals surface area contributed by atoms with Crippen molar-refractivity contribution < 1.29 is 14.3 Å². The van der Waals surface area contributed by atoms with Gasteiger partial charge in [-0.05, 0) is 35.6 Å². The summed E-state index contributed by atoms with van der Waals surface area (Å²) < 4.78 is 4.57. The molecule has 2 aromatic rings. The number of carbonyl (C=O) groups is 2. The summed E-state index contributed by atoms with van der Waals surface area (Å²) in [5, 5.41) is 8.44. The molecule has 0 fully saturated rings. The van der Waals surface area contributed by atoms with E-state index in [-0.39, 0.29) is 17.5 Å². The maximum atomic E-state index is 12.5. The van der Waals surface area contributed by atoms with Crippen molar-refractivity contribution in [3.05, 3.63) is 60.2 Å². The number of amides is 3. The van der Waals surface area contributed by atoms with Crippen molar-refractivity contribution in [3.63, 3.8) is 0 Å². The van der Waals surface area contributed by atoms with E-state index in [0.717, 1.165) is 12.0 Å². The van der Waals surface area contributed by atoms with Crippen molar-refractivity contribution in [2.75, 3.05) is 17.7 Å². The molecule has 27 heavy (non-hydrogen) atoms. The monoisotopic (exact) mass is 369 g/mol. The first-order valence-electron chi connectivity index (χ1n) is 8.84. The molecule has 144 valence electrons. The van der Waals surface area contributed by atoms with Gasteiger partial charge in [-0.25, -0.2) is 9.59 Å². The SMILES string of the molecule is COC(=O)Nc1cccc(NC(=O)NC(CC(C)(C)C)c2ccccc2)c1. The minimum atomic E-state index is -0.564. The van der Waals surface area contributed by atoms with Crippen LogP contribution in [0.1, 0.15) is 38.8 Å². The molecule has 2 aromatic carbocycles. The van der Waals surface area contributed by atoms with Crippen molar-refractivity contribution in [2.45, 2.75) is 33.2 Å². The minimum Gasteiger partial charge on any atom is -0.453 e. The van der Waals surface area contributed by atoms with E-state index < -0.39 is 6.09 Å². The van der Waals surface area contributed by atoms with Gasteiger partial charge >= 0.3 is 12.1 Å². The van der Waals surface area contributed by atoms with Crippen LogP contribution < -0.4 is 16.0 Å². The van der Waals surface area contributed by atoms with Crippen LogP contribution in [-0.4, -0.2) is 19.2 Å². The highest BCUT2D eigenvalue weighted by atomic mass is 16.5. The number of hydrogen-bond acceptors (Lipinski definition) is 3. The number of methoxy groups -OCH3 is 1. The Morgan fingerprint density at radius 3 is 2.19 bits per heavy atom. The Balaban J connectivity index is 2.07. The average Bonchev–Trinajstić information content (AvgIpc) is 2.61. The summed E-state index contributed by atoms with van der Waals surface area (Å²) in [5.74, 6) is 0. The highest BCUT2D eigenvalue weighted by Gasteiger charge is 2.22. The van der Waals surface area contributed by atoms with E-state index >= 15 is 0 Å². The normalized spacial score (nSPS) is 12.0. The van der Waals surface area contributed by atoms with Gasteiger partial charge in [0.25, 0.3) is 0 Å². The fourth-order valence-corrected chi connectivity index (χ4v) is 2.72. The van der Waals surface area contributed by atoms with Crippen LogP contribution in [0.5, 0.6) is 0 Å². The predicted octanol–water partition coefficient (Wildman–Crippen LogP) is 5.16. The van der Waals surface area contributed by atoms with Gasteiger partial charge in [-0.15, -0.1) is 0 Å². The van der Waals surface area contributed by atoms with E-state index in [1.165, 1.54) is 7.11 Å². The zero-order valence-electron chi connectivity index (χ0n) is 16.2. The Kier molecular flexibility index (Phi) is 6.82. The maximum Gasteiger partial charge on any atom is 0.411 e. The molecule has 1 atom stereocenters. The molecule has 0 saturated carbocycles. The second kappa shape index (κ2) is 9.07. The fraction of sp³-hybridized carbons (Fsp3) is 0.333. The summed E-state index contributed by atoms with van der Waals surface area (Å²) in [6.07, 6.45) is 0.236. The standard InChI is InChI=1S/C21H27N3O3/c1-21(2,3)14-18(15-9-6-5-7-10-15)24-19(25)22-16-11-8-12-17(13-16)23-20(26)27-4/h5-13,18H,14H2,1-4H3,(H,23,26)(H2,22,24,25). The summed E-state index contributed by atoms with van der Waals surface area (Å²) in [7, 11) is 1.30. The van der Waals surface area contributed by atoms with Gasteiger partial charge in [0, 0.05) is 11.4 Å². The van der Waals surface area contributed by atoms with E-state index in [4.69, 9.17) is 0 Å². The first-order valence-corrected chi connectivity index (χ1v) is 8.84. The zero-order valence-corrected chi connectivity index (χ0v) is 16.2. The molecule has 0 radical (unpaired) electrons. The molecule has 6 nitrogen and oxygen atoms in total. The van der Waals surface area contributed by atoms with Crippen molar-refractivity contribution in [1.29, 1.82) is 0 Å². The summed E-state index contributed by atoms with van der Waals surface area (Å²) in [5.41, 5.74) is 2.22. The molecular weight excluding hydrogens is 342 g/mol. The van der Waals surface area contributed by atoms with Gasteiger partial charge in [-0.1, -0.05) is 57.2 Å². The third-order valence-electron chi connectivity index (χ3n) is 3.88. The first kappa shape index (κ1) is 20.3. The molecule has 3 amide bonds. The lowest BCUT2D eigenvalue weighted by Crippen LogP contribution is -2.34. The molecule has 0 aliphatic rings. The lowest BCUT2D eigenvalue weighted by atomic mass is 9.85. The molecular formula is C21H27N3O3. The topological polar surface area (TPSA) is 79.5 Å². The Bertz CT molecular complexity index is 770. The zero-order chi connectivity index (χ0) is 19.9. The summed E-state index contributed by atoms with van der Waals surface area (Å²) in [4.78, 5) is 23.9. The maximum absolute atomic E-state index is 12.5. The third kappa shape index (κ3) is 7.01. The number of nitrogens with one attached hydrogen (secondary N) is 3. The molecule has 0 heterocycles. The van der Waals surface area contributed by atoms with Crippen LogP contribution in [-0.2, 0) is 4.74 Å². The van der Waals surface area contributed by atoms with E-state index in [9.17, 15) is 9.59 Å². The van der Waals surface area contributed by atoms with Crippen LogP contribution in [0, 0.1) is 5.41 Å². The number of urea groups is 1. The first-order chi connectivity index (χ1) is 12.8. The van der Waals surface area contributed by atoms with Gasteiger partial charge in [0.1, 0.15) is 0 Å². The Morgan fingerprint density at radius 1 is 0.963 bits per heavy atom. The molecule has 0 aromatic heterocycles. The number of hydrogen-bond donors (Lipinski definition) is 3. The molecule has 0 aliphatic carbocycles. The van der Waals surface area contributed by atoms with Gasteiger partial charge < -0.3 is 15.4 Å². The largest absolute Gasteiger partial charge is 0.453 e. The Morgan fingerprint density at radius 2 is 1.59 bits per heavy atom. The van der Waals surface area contributed by atoms with E-state index in [0.29, 0.717) is 11.4 Å². The summed E-state index contributed by atoms with van der Waals surface area (Å²) >= 11 is 0. The molecule has 1 unspecified atom stereocenters. The van der Waals surface area contributed by atoms with Crippen LogP contribution in [0.4, 0.5) is 21.0 Å². The number of anilines is 2. The summed E-state index contributed by atoms with van der Waals surface area (Å²) in [6, 6.07) is 16.4. The van der Waals surface area contributed by atoms with Gasteiger partial charge in [0.15, 0.2) is 0 Å². The van der Waals surface area contributed by atoms with Crippen molar-refractivity contribution in [1.82, 2.24) is 5.32 Å². The highest BCUT2D eigenvalue weighted by Crippen LogP contribution is 2.29. The fourth-order valence-electron chi connectivity index (χ4n) is 2.72. The molecule has 6 heteroatoms. The van der Waals surface area contributed by atoms with Crippen LogP contribution in [0.3, 0.4) is 0 Å². The lowest BCUT2D eigenvalue weighted by molar-refractivity contribution is 0.187. The Labute approximate surface area is 160 Å². The molecule has 0 spiro atoms. The third-order valence-corrected chi connectivity index (χ3v) is 3.88. The van der Waals surface area contributed by atoms with Gasteiger partial charge in [-0.2, -0.15) is 0 Å². The van der Waals surface area contributed by atoms with Gasteiger partial charge in [-0.3, -0.25) is 5.32 Å². The molecule has 0 saturated heterocycles. The van der Waals surface area contributed by atoms with E-state index in [1.807, 2.05) is 30.3 Å². The molecule has 2 rings (SSSR count). The predicted molar refractivity (Wildman–Crippen MR) is 108 cm³/mol. The number of carbonyl (C=O) groups excluding carboxylic acids is 2. The van der Waals surface area contributed by atoms with E-state index in [2.05, 4.69) is 41.5 Å². The number of ether oxygens (including phenoxy) is 1. The second-order valence-corrected chi connectivity index (χ2v) is 7.52. The van der Waals surface area contributed by atoms with Crippen LogP contribution in [0.2, 0.25) is 0 Å². The number of rotatable bonds is 5. The average molecular weight is 369 g/mol. The molecule has 0 aliphatic heterocycles. The number of benzene rings is 2. The molecule has 3 N–H and O–H groups in total. The van der Waals surface area contributed by atoms with Crippen LogP contribution >= 0.6 is 0 Å². The minimum absolute atomic E-state index is 0.0537.